The molecule has 2 aliphatic heterocycles. The van der Waals surface area contributed by atoms with Crippen LogP contribution in [0.4, 0.5) is 0 Å². The molecule has 0 N–H and O–H groups in total. The van der Waals surface area contributed by atoms with Crippen LogP contribution in [0.3, 0.4) is 0 Å². The molecule has 2 aliphatic rings. The molecule has 10 heteroatoms. The molecule has 2 heterocycles. The molecule has 1 fully saturated rings. The lowest BCUT2D eigenvalue weighted by atomic mass is 10.3. The van der Waals surface area contributed by atoms with Gasteiger partial charge in [0, 0.05) is 24.2 Å². The summed E-state index contributed by atoms with van der Waals surface area (Å²) < 4.78 is 63.7. The van der Waals surface area contributed by atoms with Crippen molar-refractivity contribution in [3.8, 4) is 11.5 Å². The average Bonchev–Trinajstić information content (AvgIpc) is 3.20. The molecule has 2 aromatic carbocycles. The molecule has 0 aromatic heterocycles. The minimum Gasteiger partial charge on any atom is -0.486 e. The predicted octanol–water partition coefficient (Wildman–Crippen LogP) is 2.35. The highest BCUT2D eigenvalue weighted by atomic mass is 35.5. The molecule has 4 rings (SSSR count). The molecular weight excluding hydrogens is 426 g/mol. The van der Waals surface area contributed by atoms with Gasteiger partial charge in [0.05, 0.1) is 15.0 Å². The molecular formula is C18H18ClNO6S2. The second kappa shape index (κ2) is 7.22. The number of fused-ring (bicyclic) bond motifs is 1. The van der Waals surface area contributed by atoms with E-state index in [-0.39, 0.29) is 29.3 Å². The Morgan fingerprint density at radius 3 is 2.25 bits per heavy atom. The summed E-state index contributed by atoms with van der Waals surface area (Å²) in [5.41, 5.74) is 0. The maximum atomic E-state index is 13.0. The highest BCUT2D eigenvalue weighted by molar-refractivity contribution is 7.92. The predicted molar refractivity (Wildman–Crippen MR) is 103 cm³/mol. The number of benzene rings is 2. The molecule has 2 aromatic rings. The van der Waals surface area contributed by atoms with E-state index in [9.17, 15) is 16.8 Å². The van der Waals surface area contributed by atoms with Crippen LogP contribution in [0.1, 0.15) is 6.42 Å². The second-order valence-electron chi connectivity index (χ2n) is 6.58. The molecule has 1 atom stereocenters. The van der Waals surface area contributed by atoms with Crippen LogP contribution in [0.5, 0.6) is 11.5 Å². The number of sulfone groups is 1. The average molecular weight is 444 g/mol. The molecule has 0 amide bonds. The zero-order valence-corrected chi connectivity index (χ0v) is 17.1. The number of hydrogen-bond acceptors (Lipinski definition) is 6. The van der Waals surface area contributed by atoms with E-state index in [1.54, 1.807) is 6.07 Å². The van der Waals surface area contributed by atoms with Gasteiger partial charge in [-0.05, 0) is 42.8 Å². The lowest BCUT2D eigenvalue weighted by molar-refractivity contribution is 0.171. The number of hydrogen-bond donors (Lipinski definition) is 0. The molecule has 0 bridgehead atoms. The van der Waals surface area contributed by atoms with Gasteiger partial charge in [-0.1, -0.05) is 11.6 Å². The lowest BCUT2D eigenvalue weighted by Gasteiger charge is -2.21. The fraction of sp³-hybridized carbons (Fsp3) is 0.333. The first-order chi connectivity index (χ1) is 13.3. The zero-order chi connectivity index (χ0) is 19.9. The molecule has 1 saturated heterocycles. The summed E-state index contributed by atoms with van der Waals surface area (Å²) >= 11 is 5.82. The van der Waals surface area contributed by atoms with E-state index in [1.807, 2.05) is 0 Å². The van der Waals surface area contributed by atoms with Crippen LogP contribution in [0.15, 0.2) is 52.3 Å². The van der Waals surface area contributed by atoms with Gasteiger partial charge >= 0.3 is 0 Å². The first-order valence-corrected chi connectivity index (χ1v) is 12.0. The lowest BCUT2D eigenvalue weighted by Crippen LogP contribution is -2.32. The van der Waals surface area contributed by atoms with Crippen molar-refractivity contribution in [3.05, 3.63) is 47.5 Å². The van der Waals surface area contributed by atoms with Crippen molar-refractivity contribution in [2.45, 2.75) is 21.5 Å². The third-order valence-corrected chi connectivity index (χ3v) is 9.14. The molecule has 7 nitrogen and oxygen atoms in total. The summed E-state index contributed by atoms with van der Waals surface area (Å²) in [5, 5.41) is -0.367. The van der Waals surface area contributed by atoms with Crippen LogP contribution in [0.2, 0.25) is 5.02 Å². The van der Waals surface area contributed by atoms with E-state index in [0.29, 0.717) is 29.7 Å². The van der Waals surface area contributed by atoms with Gasteiger partial charge in [0.25, 0.3) is 0 Å². The fourth-order valence-corrected chi connectivity index (χ4v) is 6.75. The van der Waals surface area contributed by atoms with Crippen molar-refractivity contribution in [1.82, 2.24) is 4.31 Å². The van der Waals surface area contributed by atoms with Crippen LogP contribution >= 0.6 is 11.6 Å². The smallest absolute Gasteiger partial charge is 0.243 e. The van der Waals surface area contributed by atoms with Crippen molar-refractivity contribution in [2.24, 2.45) is 0 Å². The third-order valence-electron chi connectivity index (χ3n) is 4.84. The van der Waals surface area contributed by atoms with Crippen LogP contribution in [-0.4, -0.2) is 52.7 Å². The Bertz CT molecular complexity index is 1100. The zero-order valence-electron chi connectivity index (χ0n) is 14.7. The van der Waals surface area contributed by atoms with Crippen molar-refractivity contribution in [2.75, 3.05) is 26.3 Å². The molecule has 0 radical (unpaired) electrons. The summed E-state index contributed by atoms with van der Waals surface area (Å²) in [6.45, 7) is 0.799. The minimum atomic E-state index is -3.84. The van der Waals surface area contributed by atoms with Gasteiger partial charge < -0.3 is 9.47 Å². The second-order valence-corrected chi connectivity index (χ2v) is 11.2. The number of nitrogens with zero attached hydrogens (tertiary/aromatic N) is 1. The molecule has 0 spiro atoms. The summed E-state index contributed by atoms with van der Waals surface area (Å²) in [6.07, 6.45) is 0.231. The summed E-state index contributed by atoms with van der Waals surface area (Å²) in [7, 11) is -7.50. The summed E-state index contributed by atoms with van der Waals surface area (Å²) in [5.74, 6) is 0.867. The Morgan fingerprint density at radius 2 is 1.54 bits per heavy atom. The van der Waals surface area contributed by atoms with Gasteiger partial charge in [0.2, 0.25) is 10.0 Å². The molecule has 150 valence electrons. The molecule has 0 saturated carbocycles. The van der Waals surface area contributed by atoms with Gasteiger partial charge in [-0.3, -0.25) is 0 Å². The standard InChI is InChI=1S/C18H18ClNO6S2/c19-13-1-3-14(4-2-13)27(21,22)16-7-8-20(12-16)28(23,24)15-5-6-17-18(11-15)26-10-9-25-17/h1-6,11,16H,7-10,12H2. The van der Waals surface area contributed by atoms with E-state index >= 15 is 0 Å². The van der Waals surface area contributed by atoms with Crippen molar-refractivity contribution >= 4 is 31.5 Å². The van der Waals surface area contributed by atoms with Gasteiger partial charge in [-0.2, -0.15) is 4.31 Å². The number of rotatable bonds is 4. The van der Waals surface area contributed by atoms with Crippen LogP contribution in [-0.2, 0) is 19.9 Å². The van der Waals surface area contributed by atoms with Crippen molar-refractivity contribution in [1.29, 1.82) is 0 Å². The van der Waals surface area contributed by atoms with Gasteiger partial charge in [0.1, 0.15) is 13.2 Å². The maximum absolute atomic E-state index is 13.0. The normalized spacial score (nSPS) is 20.2. The molecule has 28 heavy (non-hydrogen) atoms. The number of halogens is 1. The highest BCUT2D eigenvalue weighted by Gasteiger charge is 2.39. The largest absolute Gasteiger partial charge is 0.486 e. The Labute approximate surface area is 168 Å². The first kappa shape index (κ1) is 19.5. The fourth-order valence-electron chi connectivity index (χ4n) is 3.32. The number of sulfonamides is 1. The van der Waals surface area contributed by atoms with E-state index < -0.39 is 25.1 Å². The van der Waals surface area contributed by atoms with Crippen molar-refractivity contribution < 1.29 is 26.3 Å². The van der Waals surface area contributed by atoms with Gasteiger partial charge in [-0.15, -0.1) is 0 Å². The highest BCUT2D eigenvalue weighted by Crippen LogP contribution is 2.34. The van der Waals surface area contributed by atoms with Gasteiger partial charge in [-0.25, -0.2) is 16.8 Å². The third kappa shape index (κ3) is 3.47. The van der Waals surface area contributed by atoms with E-state index in [1.165, 1.54) is 40.7 Å². The first-order valence-electron chi connectivity index (χ1n) is 8.68. The van der Waals surface area contributed by atoms with E-state index in [4.69, 9.17) is 21.1 Å². The Balaban J connectivity index is 1.57. The van der Waals surface area contributed by atoms with Crippen LogP contribution in [0.25, 0.3) is 0 Å². The summed E-state index contributed by atoms with van der Waals surface area (Å²) in [4.78, 5) is 0.196. The van der Waals surface area contributed by atoms with E-state index in [0.717, 1.165) is 0 Å². The van der Waals surface area contributed by atoms with Crippen LogP contribution < -0.4 is 9.47 Å². The summed E-state index contributed by atoms with van der Waals surface area (Å²) in [6, 6.07) is 10.3. The van der Waals surface area contributed by atoms with Gasteiger partial charge in [0.15, 0.2) is 21.3 Å². The topological polar surface area (TPSA) is 90.0 Å². The minimum absolute atomic E-state index is 0.0568. The van der Waals surface area contributed by atoms with Crippen molar-refractivity contribution in [3.63, 3.8) is 0 Å². The Morgan fingerprint density at radius 1 is 0.893 bits per heavy atom. The maximum Gasteiger partial charge on any atom is 0.243 e. The molecule has 0 aliphatic carbocycles. The molecule has 1 unspecified atom stereocenters. The monoisotopic (exact) mass is 443 g/mol. The Hall–Kier alpha value is -1.81. The SMILES string of the molecule is O=S(=O)(c1ccc(Cl)cc1)C1CCN(S(=O)(=O)c2ccc3c(c2)OCCO3)C1. The number of ether oxygens (including phenoxy) is 2. The van der Waals surface area contributed by atoms with Crippen LogP contribution in [0, 0.1) is 0 Å². The quantitative estimate of drug-likeness (QED) is 0.720. The Kier molecular flexibility index (Phi) is 5.03. The van der Waals surface area contributed by atoms with E-state index in [2.05, 4.69) is 0 Å².